The molecule has 0 atom stereocenters. The smallest absolute Gasteiger partial charge is 0.237 e. The van der Waals surface area contributed by atoms with Gasteiger partial charge >= 0.3 is 0 Å². The van der Waals surface area contributed by atoms with Crippen LogP contribution in [0.2, 0.25) is 0 Å². The lowest BCUT2D eigenvalue weighted by Gasteiger charge is -2.34. The Morgan fingerprint density at radius 1 is 0.781 bits per heavy atom. The maximum Gasteiger partial charge on any atom is 0.237 e. The molecule has 1 aliphatic heterocycles. The van der Waals surface area contributed by atoms with E-state index in [1.807, 2.05) is 35.2 Å². The molecular formula is C27H26N4O. The highest BCUT2D eigenvalue weighted by Crippen LogP contribution is 2.21. The molecule has 0 bridgehead atoms. The third kappa shape index (κ3) is 4.20. The van der Waals surface area contributed by atoms with Crippen molar-refractivity contribution in [1.29, 1.82) is 5.41 Å². The van der Waals surface area contributed by atoms with E-state index in [2.05, 4.69) is 53.4 Å². The van der Waals surface area contributed by atoms with Crippen LogP contribution < -0.4 is 5.73 Å². The highest BCUT2D eigenvalue weighted by atomic mass is 16.2. The number of fused-ring (bicyclic) bond motifs is 2. The van der Waals surface area contributed by atoms with E-state index in [0.717, 1.165) is 41.5 Å². The fourth-order valence-electron chi connectivity index (χ4n) is 4.44. The number of hydrogen-bond acceptors (Lipinski definition) is 3. The Hall–Kier alpha value is -3.70. The SMILES string of the molecule is N=C(N)c1ccc2ccc(CN3CCN(Cc4ccc5ccccc5c4)C(=O)C3)cc2c1. The molecule has 4 aromatic carbocycles. The zero-order chi connectivity index (χ0) is 22.1. The van der Waals surface area contributed by atoms with Crippen molar-refractivity contribution in [3.63, 3.8) is 0 Å². The summed E-state index contributed by atoms with van der Waals surface area (Å²) >= 11 is 0. The monoisotopic (exact) mass is 422 g/mol. The van der Waals surface area contributed by atoms with Crippen LogP contribution in [-0.2, 0) is 17.9 Å². The van der Waals surface area contributed by atoms with Gasteiger partial charge in [0, 0.05) is 31.7 Å². The molecule has 0 spiro atoms. The van der Waals surface area contributed by atoms with E-state index in [1.54, 1.807) is 0 Å². The molecule has 1 aliphatic rings. The maximum atomic E-state index is 12.8. The van der Waals surface area contributed by atoms with Gasteiger partial charge in [0.05, 0.1) is 6.54 Å². The van der Waals surface area contributed by atoms with Crippen molar-refractivity contribution >= 4 is 33.3 Å². The molecule has 4 aromatic rings. The van der Waals surface area contributed by atoms with Gasteiger partial charge in [0.25, 0.3) is 0 Å². The molecule has 0 aromatic heterocycles. The van der Waals surface area contributed by atoms with Crippen molar-refractivity contribution in [1.82, 2.24) is 9.80 Å². The second-order valence-corrected chi connectivity index (χ2v) is 8.52. The number of carbonyl (C=O) groups is 1. The van der Waals surface area contributed by atoms with Gasteiger partial charge in [-0.1, -0.05) is 60.7 Å². The molecule has 160 valence electrons. The third-order valence-electron chi connectivity index (χ3n) is 6.21. The standard InChI is InChI=1S/C27H26N4O/c28-27(29)24-10-9-22-8-5-19(14-25(22)15-24)16-30-11-12-31(26(32)18-30)17-20-6-7-21-3-1-2-4-23(21)13-20/h1-10,13-15H,11-12,16-18H2,(H3,28,29). The number of nitrogens with two attached hydrogens (primary N) is 1. The summed E-state index contributed by atoms with van der Waals surface area (Å²) in [6.45, 7) is 3.40. The van der Waals surface area contributed by atoms with E-state index in [-0.39, 0.29) is 11.7 Å². The Morgan fingerprint density at radius 2 is 1.44 bits per heavy atom. The molecule has 3 N–H and O–H groups in total. The van der Waals surface area contributed by atoms with Crippen molar-refractivity contribution in [3.8, 4) is 0 Å². The van der Waals surface area contributed by atoms with Crippen LogP contribution >= 0.6 is 0 Å². The van der Waals surface area contributed by atoms with Crippen molar-refractivity contribution in [2.75, 3.05) is 19.6 Å². The van der Waals surface area contributed by atoms with E-state index < -0.39 is 0 Å². The number of benzene rings is 4. The highest BCUT2D eigenvalue weighted by molar-refractivity contribution is 5.99. The van der Waals surface area contributed by atoms with Gasteiger partial charge < -0.3 is 10.6 Å². The van der Waals surface area contributed by atoms with Gasteiger partial charge in [0.2, 0.25) is 5.91 Å². The summed E-state index contributed by atoms with van der Waals surface area (Å²) in [7, 11) is 0. The van der Waals surface area contributed by atoms with Gasteiger partial charge in [0.15, 0.2) is 0 Å². The number of amidine groups is 1. The number of nitrogens with zero attached hydrogens (tertiary/aromatic N) is 2. The number of rotatable bonds is 5. The maximum absolute atomic E-state index is 12.8. The van der Waals surface area contributed by atoms with E-state index in [9.17, 15) is 4.79 Å². The number of amides is 1. The predicted molar refractivity (Wildman–Crippen MR) is 130 cm³/mol. The van der Waals surface area contributed by atoms with E-state index in [1.165, 1.54) is 16.3 Å². The van der Waals surface area contributed by atoms with Crippen molar-refractivity contribution in [3.05, 3.63) is 95.6 Å². The van der Waals surface area contributed by atoms with E-state index >= 15 is 0 Å². The summed E-state index contributed by atoms with van der Waals surface area (Å²) in [4.78, 5) is 17.0. The average Bonchev–Trinajstić information content (AvgIpc) is 2.80. The molecule has 0 unspecified atom stereocenters. The largest absolute Gasteiger partial charge is 0.384 e. The second kappa shape index (κ2) is 8.44. The number of carbonyl (C=O) groups excluding carboxylic acids is 1. The summed E-state index contributed by atoms with van der Waals surface area (Å²) in [6.07, 6.45) is 0. The lowest BCUT2D eigenvalue weighted by Crippen LogP contribution is -2.49. The fourth-order valence-corrected chi connectivity index (χ4v) is 4.44. The summed E-state index contributed by atoms with van der Waals surface area (Å²) < 4.78 is 0. The molecule has 5 nitrogen and oxygen atoms in total. The summed E-state index contributed by atoms with van der Waals surface area (Å²) in [6, 6.07) is 26.9. The van der Waals surface area contributed by atoms with Crippen molar-refractivity contribution < 1.29 is 4.79 Å². The lowest BCUT2D eigenvalue weighted by molar-refractivity contribution is -0.136. The van der Waals surface area contributed by atoms with Crippen LogP contribution in [0.25, 0.3) is 21.5 Å². The van der Waals surface area contributed by atoms with Gasteiger partial charge in [-0.3, -0.25) is 15.1 Å². The third-order valence-corrected chi connectivity index (χ3v) is 6.21. The Labute approximate surface area is 187 Å². The van der Waals surface area contributed by atoms with Crippen LogP contribution in [-0.4, -0.2) is 41.2 Å². The predicted octanol–water partition coefficient (Wildman–Crippen LogP) is 4.12. The zero-order valence-electron chi connectivity index (χ0n) is 17.9. The highest BCUT2D eigenvalue weighted by Gasteiger charge is 2.24. The fraction of sp³-hybridized carbons (Fsp3) is 0.185. The average molecular weight is 423 g/mol. The molecule has 0 saturated carbocycles. The van der Waals surface area contributed by atoms with E-state index in [0.29, 0.717) is 13.1 Å². The van der Waals surface area contributed by atoms with Gasteiger partial charge in [-0.25, -0.2) is 0 Å². The van der Waals surface area contributed by atoms with Crippen molar-refractivity contribution in [2.24, 2.45) is 5.73 Å². The topological polar surface area (TPSA) is 73.4 Å². The van der Waals surface area contributed by atoms with E-state index in [4.69, 9.17) is 11.1 Å². The molecule has 5 rings (SSSR count). The van der Waals surface area contributed by atoms with Crippen LogP contribution in [0.15, 0.2) is 78.9 Å². The van der Waals surface area contributed by atoms with Gasteiger partial charge in [-0.2, -0.15) is 0 Å². The minimum Gasteiger partial charge on any atom is -0.384 e. The number of nitrogen functional groups attached to an aromatic ring is 1. The minimum absolute atomic E-state index is 0.0745. The first-order chi connectivity index (χ1) is 15.5. The summed E-state index contributed by atoms with van der Waals surface area (Å²) in [5, 5.41) is 12.3. The first-order valence-electron chi connectivity index (χ1n) is 10.9. The van der Waals surface area contributed by atoms with Crippen LogP contribution in [0.1, 0.15) is 16.7 Å². The number of piperazine rings is 1. The number of hydrogen-bond donors (Lipinski definition) is 2. The Bertz CT molecular complexity index is 1330. The lowest BCUT2D eigenvalue weighted by atomic mass is 10.0. The van der Waals surface area contributed by atoms with Crippen LogP contribution in [0.3, 0.4) is 0 Å². The molecule has 1 heterocycles. The minimum atomic E-state index is 0.0745. The summed E-state index contributed by atoms with van der Waals surface area (Å²) in [5.41, 5.74) is 8.69. The van der Waals surface area contributed by atoms with Gasteiger partial charge in [-0.15, -0.1) is 0 Å². The number of nitrogens with one attached hydrogen (secondary N) is 1. The molecule has 1 fully saturated rings. The molecule has 1 amide bonds. The second-order valence-electron chi connectivity index (χ2n) is 8.52. The Balaban J connectivity index is 1.25. The molecule has 1 saturated heterocycles. The van der Waals surface area contributed by atoms with Gasteiger partial charge in [-0.05, 0) is 50.9 Å². The molecule has 32 heavy (non-hydrogen) atoms. The van der Waals surface area contributed by atoms with Crippen LogP contribution in [0, 0.1) is 5.41 Å². The first-order valence-corrected chi connectivity index (χ1v) is 10.9. The Morgan fingerprint density at radius 3 is 2.19 bits per heavy atom. The van der Waals surface area contributed by atoms with Crippen LogP contribution in [0.4, 0.5) is 0 Å². The van der Waals surface area contributed by atoms with Crippen LogP contribution in [0.5, 0.6) is 0 Å². The quantitative estimate of drug-likeness (QED) is 0.375. The first kappa shape index (κ1) is 20.2. The molecule has 5 heteroatoms. The zero-order valence-corrected chi connectivity index (χ0v) is 17.9. The molecule has 0 radical (unpaired) electrons. The molecular weight excluding hydrogens is 396 g/mol. The van der Waals surface area contributed by atoms with Gasteiger partial charge in [0.1, 0.15) is 5.84 Å². The summed E-state index contributed by atoms with van der Waals surface area (Å²) in [5.74, 6) is 0.245. The molecule has 0 aliphatic carbocycles. The normalized spacial score (nSPS) is 14.9. The Kier molecular flexibility index (Phi) is 5.33. The van der Waals surface area contributed by atoms with Crippen molar-refractivity contribution in [2.45, 2.75) is 13.1 Å².